The average Bonchev–Trinajstić information content (AvgIpc) is 2.66. The summed E-state index contributed by atoms with van der Waals surface area (Å²) in [7, 11) is 0. The molecule has 0 aromatic carbocycles. The zero-order chi connectivity index (χ0) is 12.0. The molecule has 1 aliphatic rings. The van der Waals surface area contributed by atoms with Crippen LogP contribution in [0.3, 0.4) is 0 Å². The Hall–Kier alpha value is 0.270. The van der Waals surface area contributed by atoms with Gasteiger partial charge in [-0.25, -0.2) is 0 Å². The first-order valence-electron chi connectivity index (χ1n) is 6.71. The third-order valence-electron chi connectivity index (χ3n) is 3.37. The highest BCUT2D eigenvalue weighted by molar-refractivity contribution is 7.99. The van der Waals surface area contributed by atoms with Crippen LogP contribution >= 0.6 is 11.8 Å². The Morgan fingerprint density at radius 2 is 2.12 bits per heavy atom. The number of likely N-dealkylation sites (tertiary alicyclic amines) is 1. The number of hydrogen-bond acceptors (Lipinski definition) is 3. The van der Waals surface area contributed by atoms with Crippen molar-refractivity contribution in [2.45, 2.75) is 58.7 Å². The van der Waals surface area contributed by atoms with Gasteiger partial charge in [0.25, 0.3) is 0 Å². The molecule has 1 rings (SSSR count). The predicted octanol–water partition coefficient (Wildman–Crippen LogP) is 2.59. The third-order valence-corrected chi connectivity index (χ3v) is 4.30. The highest BCUT2D eigenvalue weighted by Crippen LogP contribution is 2.13. The van der Waals surface area contributed by atoms with E-state index in [2.05, 4.69) is 37.9 Å². The normalized spacial score (nSPS) is 24.2. The van der Waals surface area contributed by atoms with Gasteiger partial charge in [0.15, 0.2) is 0 Å². The fraction of sp³-hybridized carbons (Fsp3) is 1.00. The molecule has 0 amide bonds. The van der Waals surface area contributed by atoms with Crippen LogP contribution in [-0.2, 0) is 0 Å². The Morgan fingerprint density at radius 1 is 1.38 bits per heavy atom. The second-order valence-electron chi connectivity index (χ2n) is 5.13. The van der Waals surface area contributed by atoms with E-state index in [0.29, 0.717) is 12.1 Å². The van der Waals surface area contributed by atoms with Crippen molar-refractivity contribution in [3.8, 4) is 0 Å². The zero-order valence-electron chi connectivity index (χ0n) is 11.3. The molecule has 0 aromatic heterocycles. The van der Waals surface area contributed by atoms with Gasteiger partial charge >= 0.3 is 0 Å². The van der Waals surface area contributed by atoms with Gasteiger partial charge in [0.05, 0.1) is 0 Å². The van der Waals surface area contributed by atoms with Crippen molar-refractivity contribution in [2.24, 2.45) is 0 Å². The molecule has 1 N–H and O–H groups in total. The number of hydrogen-bond donors (Lipinski definition) is 1. The quantitative estimate of drug-likeness (QED) is 0.693. The number of nitrogens with zero attached hydrogens (tertiary/aromatic N) is 1. The smallest absolute Gasteiger partial charge is 0.0209 e. The van der Waals surface area contributed by atoms with Crippen LogP contribution in [0.1, 0.15) is 40.5 Å². The molecule has 96 valence electrons. The van der Waals surface area contributed by atoms with Gasteiger partial charge in [-0.15, -0.1) is 0 Å². The fourth-order valence-electron chi connectivity index (χ4n) is 2.28. The van der Waals surface area contributed by atoms with Crippen LogP contribution in [0.25, 0.3) is 0 Å². The number of rotatable bonds is 7. The molecule has 1 aliphatic heterocycles. The third kappa shape index (κ3) is 5.07. The standard InChI is InChI=1S/C13H28N2S/c1-5-16-9-7-12(4)14-13-6-8-15(10-13)11(2)3/h11-14H,5-10H2,1-4H3. The van der Waals surface area contributed by atoms with E-state index < -0.39 is 0 Å². The van der Waals surface area contributed by atoms with Gasteiger partial charge in [0, 0.05) is 24.7 Å². The molecule has 0 saturated carbocycles. The molecule has 1 heterocycles. The minimum Gasteiger partial charge on any atom is -0.310 e. The van der Waals surface area contributed by atoms with Crippen LogP contribution in [-0.4, -0.2) is 47.6 Å². The van der Waals surface area contributed by atoms with Crippen molar-refractivity contribution in [2.75, 3.05) is 24.6 Å². The van der Waals surface area contributed by atoms with Gasteiger partial charge in [-0.3, -0.25) is 4.90 Å². The molecule has 2 unspecified atom stereocenters. The highest BCUT2D eigenvalue weighted by atomic mass is 32.2. The maximum absolute atomic E-state index is 3.77. The van der Waals surface area contributed by atoms with Crippen molar-refractivity contribution in [1.82, 2.24) is 10.2 Å². The lowest BCUT2D eigenvalue weighted by atomic mass is 10.2. The van der Waals surface area contributed by atoms with Gasteiger partial charge in [-0.2, -0.15) is 11.8 Å². The van der Waals surface area contributed by atoms with Gasteiger partial charge < -0.3 is 5.32 Å². The minimum atomic E-state index is 0.677. The lowest BCUT2D eigenvalue weighted by Gasteiger charge is -2.22. The van der Waals surface area contributed by atoms with E-state index in [1.54, 1.807) is 0 Å². The molecule has 0 aliphatic carbocycles. The van der Waals surface area contributed by atoms with Gasteiger partial charge in [-0.1, -0.05) is 6.92 Å². The van der Waals surface area contributed by atoms with E-state index in [4.69, 9.17) is 0 Å². The van der Waals surface area contributed by atoms with Crippen LogP contribution in [0.4, 0.5) is 0 Å². The molecule has 16 heavy (non-hydrogen) atoms. The lowest BCUT2D eigenvalue weighted by molar-refractivity contribution is 0.265. The summed E-state index contributed by atoms with van der Waals surface area (Å²) in [4.78, 5) is 2.57. The van der Waals surface area contributed by atoms with Crippen molar-refractivity contribution in [3.05, 3.63) is 0 Å². The summed E-state index contributed by atoms with van der Waals surface area (Å²) in [5.41, 5.74) is 0. The maximum Gasteiger partial charge on any atom is 0.0209 e. The Kier molecular flexibility index (Phi) is 6.78. The summed E-state index contributed by atoms with van der Waals surface area (Å²) >= 11 is 2.05. The molecular weight excluding hydrogens is 216 g/mol. The molecule has 3 heteroatoms. The second kappa shape index (κ2) is 7.57. The van der Waals surface area contributed by atoms with Gasteiger partial charge in [0.2, 0.25) is 0 Å². The highest BCUT2D eigenvalue weighted by Gasteiger charge is 2.24. The van der Waals surface area contributed by atoms with Crippen LogP contribution in [0, 0.1) is 0 Å². The van der Waals surface area contributed by atoms with E-state index in [-0.39, 0.29) is 0 Å². The van der Waals surface area contributed by atoms with E-state index in [1.165, 1.54) is 37.4 Å². The molecular formula is C13H28N2S. The molecule has 2 nitrogen and oxygen atoms in total. The number of thioether (sulfide) groups is 1. The van der Waals surface area contributed by atoms with Crippen LogP contribution < -0.4 is 5.32 Å². The average molecular weight is 244 g/mol. The Bertz CT molecular complexity index is 185. The fourth-order valence-corrected chi connectivity index (χ4v) is 3.09. The first kappa shape index (κ1) is 14.3. The molecule has 0 bridgehead atoms. The first-order chi connectivity index (χ1) is 7.63. The van der Waals surface area contributed by atoms with Crippen molar-refractivity contribution in [1.29, 1.82) is 0 Å². The molecule has 0 radical (unpaired) electrons. The van der Waals surface area contributed by atoms with E-state index in [1.807, 2.05) is 11.8 Å². The zero-order valence-corrected chi connectivity index (χ0v) is 12.1. The summed E-state index contributed by atoms with van der Waals surface area (Å²) in [6.45, 7) is 11.7. The SMILES string of the molecule is CCSCCC(C)NC1CCN(C(C)C)C1. The summed E-state index contributed by atoms with van der Waals surface area (Å²) in [6.07, 6.45) is 2.63. The Labute approximate surface area is 106 Å². The molecule has 1 fully saturated rings. The van der Waals surface area contributed by atoms with Gasteiger partial charge in [0.1, 0.15) is 0 Å². The second-order valence-corrected chi connectivity index (χ2v) is 6.52. The van der Waals surface area contributed by atoms with E-state index in [0.717, 1.165) is 6.04 Å². The predicted molar refractivity (Wildman–Crippen MR) is 75.3 cm³/mol. The van der Waals surface area contributed by atoms with Crippen LogP contribution in [0.2, 0.25) is 0 Å². The molecule has 2 atom stereocenters. The lowest BCUT2D eigenvalue weighted by Crippen LogP contribution is -2.39. The number of nitrogens with one attached hydrogen (secondary N) is 1. The maximum atomic E-state index is 3.77. The Morgan fingerprint density at radius 3 is 2.69 bits per heavy atom. The van der Waals surface area contributed by atoms with Crippen molar-refractivity contribution >= 4 is 11.8 Å². The largest absolute Gasteiger partial charge is 0.310 e. The van der Waals surface area contributed by atoms with E-state index >= 15 is 0 Å². The van der Waals surface area contributed by atoms with Crippen molar-refractivity contribution in [3.63, 3.8) is 0 Å². The monoisotopic (exact) mass is 244 g/mol. The molecule has 0 spiro atoms. The molecule has 0 aromatic rings. The van der Waals surface area contributed by atoms with E-state index in [9.17, 15) is 0 Å². The summed E-state index contributed by atoms with van der Waals surface area (Å²) < 4.78 is 0. The summed E-state index contributed by atoms with van der Waals surface area (Å²) in [5, 5.41) is 3.77. The van der Waals surface area contributed by atoms with Crippen LogP contribution in [0.15, 0.2) is 0 Å². The topological polar surface area (TPSA) is 15.3 Å². The first-order valence-corrected chi connectivity index (χ1v) is 7.86. The van der Waals surface area contributed by atoms with Crippen molar-refractivity contribution < 1.29 is 0 Å². The summed E-state index contributed by atoms with van der Waals surface area (Å²) in [6, 6.07) is 2.11. The van der Waals surface area contributed by atoms with Crippen LogP contribution in [0.5, 0.6) is 0 Å². The minimum absolute atomic E-state index is 0.677. The summed E-state index contributed by atoms with van der Waals surface area (Å²) in [5.74, 6) is 2.54. The Balaban J connectivity index is 2.13. The van der Waals surface area contributed by atoms with Gasteiger partial charge in [-0.05, 0) is 51.7 Å². The molecule has 1 saturated heterocycles.